The van der Waals surface area contributed by atoms with Crippen molar-refractivity contribution in [3.05, 3.63) is 34.9 Å². The first-order chi connectivity index (χ1) is 7.04. The van der Waals surface area contributed by atoms with E-state index in [2.05, 4.69) is 25.1 Å². The predicted octanol–water partition coefficient (Wildman–Crippen LogP) is 2.07. The number of nitrogens with two attached hydrogens (primary N) is 1. The van der Waals surface area contributed by atoms with E-state index in [1.165, 1.54) is 11.1 Å². The Kier molecular flexibility index (Phi) is 2.29. The second kappa shape index (κ2) is 3.37. The number of carbonyl (C=O) groups is 1. The van der Waals surface area contributed by atoms with Gasteiger partial charge in [0.25, 0.3) is 0 Å². The molecule has 0 aliphatic heterocycles. The van der Waals surface area contributed by atoms with E-state index >= 15 is 0 Å². The highest BCUT2D eigenvalue weighted by atomic mass is 16.1. The number of carbonyl (C=O) groups excluding carboxylic acids is 1. The summed E-state index contributed by atoms with van der Waals surface area (Å²) in [7, 11) is 0. The summed E-state index contributed by atoms with van der Waals surface area (Å²) in [5.74, 6) is -0.200. The van der Waals surface area contributed by atoms with Gasteiger partial charge in [-0.15, -0.1) is 0 Å². The van der Waals surface area contributed by atoms with Gasteiger partial charge in [0.05, 0.1) is 5.41 Å². The molecule has 0 spiro atoms. The summed E-state index contributed by atoms with van der Waals surface area (Å²) in [5.41, 5.74) is 8.69. The van der Waals surface area contributed by atoms with Gasteiger partial charge in [0.2, 0.25) is 5.91 Å². The summed E-state index contributed by atoms with van der Waals surface area (Å²) in [6.45, 7) is 4.02. The Balaban J connectivity index is 2.59. The van der Waals surface area contributed by atoms with Crippen LogP contribution in [0.4, 0.5) is 0 Å². The Morgan fingerprint density at radius 3 is 2.87 bits per heavy atom. The van der Waals surface area contributed by atoms with Crippen LogP contribution in [0.3, 0.4) is 0 Å². The van der Waals surface area contributed by atoms with E-state index in [0.717, 1.165) is 24.8 Å². The molecular weight excluding hydrogens is 186 g/mol. The van der Waals surface area contributed by atoms with Crippen LogP contribution in [0.5, 0.6) is 0 Å². The number of primary amides is 1. The van der Waals surface area contributed by atoms with Gasteiger partial charge >= 0.3 is 0 Å². The van der Waals surface area contributed by atoms with Crippen molar-refractivity contribution in [2.45, 2.75) is 38.5 Å². The van der Waals surface area contributed by atoms with Crippen molar-refractivity contribution in [1.29, 1.82) is 0 Å². The zero-order valence-corrected chi connectivity index (χ0v) is 9.34. The molecule has 0 heterocycles. The van der Waals surface area contributed by atoms with Crippen LogP contribution in [-0.4, -0.2) is 5.91 Å². The molecular formula is C13H17NO. The molecule has 2 heteroatoms. The van der Waals surface area contributed by atoms with Gasteiger partial charge in [0.15, 0.2) is 0 Å². The Labute approximate surface area is 90.5 Å². The first-order valence-corrected chi connectivity index (χ1v) is 5.44. The lowest BCUT2D eigenvalue weighted by atomic mass is 9.70. The summed E-state index contributed by atoms with van der Waals surface area (Å²) in [6.07, 6.45) is 2.99. The lowest BCUT2D eigenvalue weighted by Crippen LogP contribution is -2.41. The molecule has 0 aromatic heterocycles. The van der Waals surface area contributed by atoms with Crippen molar-refractivity contribution in [1.82, 2.24) is 0 Å². The fourth-order valence-corrected chi connectivity index (χ4v) is 2.44. The monoisotopic (exact) mass is 203 g/mol. The van der Waals surface area contributed by atoms with Crippen molar-refractivity contribution in [3.63, 3.8) is 0 Å². The molecule has 15 heavy (non-hydrogen) atoms. The quantitative estimate of drug-likeness (QED) is 0.746. The largest absolute Gasteiger partial charge is 0.369 e. The lowest BCUT2D eigenvalue weighted by Gasteiger charge is -2.33. The minimum absolute atomic E-state index is 0.200. The number of rotatable bonds is 1. The third kappa shape index (κ3) is 1.54. The van der Waals surface area contributed by atoms with E-state index in [0.29, 0.717) is 0 Å². The van der Waals surface area contributed by atoms with E-state index < -0.39 is 5.41 Å². The summed E-state index contributed by atoms with van der Waals surface area (Å²) in [4.78, 5) is 11.6. The molecule has 80 valence electrons. The van der Waals surface area contributed by atoms with Crippen molar-refractivity contribution in [2.24, 2.45) is 5.73 Å². The maximum atomic E-state index is 11.6. The molecule has 2 N–H and O–H groups in total. The highest BCUT2D eigenvalue weighted by molar-refractivity contribution is 5.87. The van der Waals surface area contributed by atoms with Crippen LogP contribution in [0.1, 0.15) is 36.5 Å². The third-order valence-corrected chi connectivity index (χ3v) is 3.53. The van der Waals surface area contributed by atoms with Crippen LogP contribution in [0.2, 0.25) is 0 Å². The summed E-state index contributed by atoms with van der Waals surface area (Å²) in [5, 5.41) is 0. The number of hydrogen-bond acceptors (Lipinski definition) is 1. The van der Waals surface area contributed by atoms with Gasteiger partial charge in [0.1, 0.15) is 0 Å². The second-order valence-corrected chi connectivity index (χ2v) is 4.71. The van der Waals surface area contributed by atoms with Gasteiger partial charge in [-0.1, -0.05) is 23.8 Å². The van der Waals surface area contributed by atoms with E-state index in [4.69, 9.17) is 5.73 Å². The molecule has 1 aliphatic rings. The SMILES string of the molecule is Cc1ccc2c(c1)C(C)(C(N)=O)CCC2. The van der Waals surface area contributed by atoms with Gasteiger partial charge in [-0.25, -0.2) is 0 Å². The topological polar surface area (TPSA) is 43.1 Å². The fraction of sp³-hybridized carbons (Fsp3) is 0.462. The Morgan fingerprint density at radius 2 is 2.20 bits per heavy atom. The first kappa shape index (κ1) is 10.2. The average molecular weight is 203 g/mol. The maximum absolute atomic E-state index is 11.6. The molecule has 0 radical (unpaired) electrons. The number of fused-ring (bicyclic) bond motifs is 1. The normalized spacial score (nSPS) is 24.7. The summed E-state index contributed by atoms with van der Waals surface area (Å²) in [6, 6.07) is 6.34. The number of amides is 1. The van der Waals surface area contributed by atoms with Crippen LogP contribution >= 0.6 is 0 Å². The molecule has 1 amide bonds. The fourth-order valence-electron chi connectivity index (χ4n) is 2.44. The van der Waals surface area contributed by atoms with Crippen LogP contribution in [0.15, 0.2) is 18.2 Å². The third-order valence-electron chi connectivity index (χ3n) is 3.53. The van der Waals surface area contributed by atoms with Crippen molar-refractivity contribution < 1.29 is 4.79 Å². The highest BCUT2D eigenvalue weighted by Crippen LogP contribution is 2.37. The average Bonchev–Trinajstić information content (AvgIpc) is 2.19. The molecule has 2 rings (SSSR count). The Bertz CT molecular complexity index is 411. The smallest absolute Gasteiger partial charge is 0.227 e. The van der Waals surface area contributed by atoms with Crippen LogP contribution in [0.25, 0.3) is 0 Å². The molecule has 1 aliphatic carbocycles. The van der Waals surface area contributed by atoms with E-state index in [1.807, 2.05) is 6.92 Å². The number of hydrogen-bond donors (Lipinski definition) is 1. The Morgan fingerprint density at radius 1 is 1.47 bits per heavy atom. The molecule has 0 bridgehead atoms. The second-order valence-electron chi connectivity index (χ2n) is 4.71. The number of benzene rings is 1. The summed E-state index contributed by atoms with van der Waals surface area (Å²) >= 11 is 0. The van der Waals surface area contributed by atoms with E-state index in [1.54, 1.807) is 0 Å². The van der Waals surface area contributed by atoms with Crippen molar-refractivity contribution >= 4 is 5.91 Å². The lowest BCUT2D eigenvalue weighted by molar-refractivity contribution is -0.123. The Hall–Kier alpha value is -1.31. The van der Waals surface area contributed by atoms with Crippen LogP contribution < -0.4 is 5.73 Å². The molecule has 0 saturated carbocycles. The van der Waals surface area contributed by atoms with Gasteiger partial charge in [0, 0.05) is 0 Å². The van der Waals surface area contributed by atoms with Crippen molar-refractivity contribution in [3.8, 4) is 0 Å². The molecule has 1 aromatic carbocycles. The van der Waals surface area contributed by atoms with E-state index in [-0.39, 0.29) is 5.91 Å². The van der Waals surface area contributed by atoms with Gasteiger partial charge < -0.3 is 5.73 Å². The van der Waals surface area contributed by atoms with E-state index in [9.17, 15) is 4.79 Å². The minimum atomic E-state index is -0.459. The number of aryl methyl sites for hydroxylation is 2. The molecule has 0 fully saturated rings. The van der Waals surface area contributed by atoms with Crippen molar-refractivity contribution in [2.75, 3.05) is 0 Å². The predicted molar refractivity (Wildman–Crippen MR) is 60.7 cm³/mol. The molecule has 1 aromatic rings. The first-order valence-electron chi connectivity index (χ1n) is 5.44. The maximum Gasteiger partial charge on any atom is 0.227 e. The van der Waals surface area contributed by atoms with Gasteiger partial charge in [-0.05, 0) is 44.2 Å². The van der Waals surface area contributed by atoms with Gasteiger partial charge in [-0.2, -0.15) is 0 Å². The zero-order valence-electron chi connectivity index (χ0n) is 9.34. The highest BCUT2D eigenvalue weighted by Gasteiger charge is 2.37. The summed E-state index contributed by atoms with van der Waals surface area (Å²) < 4.78 is 0. The molecule has 1 atom stereocenters. The van der Waals surface area contributed by atoms with Crippen LogP contribution in [0, 0.1) is 6.92 Å². The zero-order chi connectivity index (χ0) is 11.1. The van der Waals surface area contributed by atoms with Crippen LogP contribution in [-0.2, 0) is 16.6 Å². The molecule has 2 nitrogen and oxygen atoms in total. The molecule has 1 unspecified atom stereocenters. The molecule has 0 saturated heterocycles. The standard InChI is InChI=1S/C13H17NO/c1-9-5-6-10-4-3-7-13(2,12(14)15)11(10)8-9/h5-6,8H,3-4,7H2,1-2H3,(H2,14,15). The van der Waals surface area contributed by atoms with Gasteiger partial charge in [-0.3, -0.25) is 4.79 Å². The minimum Gasteiger partial charge on any atom is -0.369 e.